The molecule has 0 aliphatic rings. The predicted octanol–water partition coefficient (Wildman–Crippen LogP) is 4.66. The van der Waals surface area contributed by atoms with E-state index in [9.17, 15) is 4.79 Å². The largest absolute Gasteiger partial charge is 0.300 e. The van der Waals surface area contributed by atoms with Crippen LogP contribution in [-0.2, 0) is 4.79 Å². The molecule has 0 rings (SSSR count). The van der Waals surface area contributed by atoms with E-state index in [1.54, 1.807) is 6.92 Å². The second-order valence-electron chi connectivity index (χ2n) is 4.34. The lowest BCUT2D eigenvalue weighted by Crippen LogP contribution is -1.94. The summed E-state index contributed by atoms with van der Waals surface area (Å²) in [6.07, 6.45) is 11.5. The van der Waals surface area contributed by atoms with Gasteiger partial charge in [0.25, 0.3) is 0 Å². The van der Waals surface area contributed by atoms with E-state index in [1.165, 1.54) is 37.7 Å². The van der Waals surface area contributed by atoms with Crippen LogP contribution in [0.15, 0.2) is 11.6 Å². The molecule has 1 heteroatoms. The number of hydrogen-bond acceptors (Lipinski definition) is 1. The Hall–Kier alpha value is -0.590. The Kier molecular flexibility index (Phi) is 9.55. The highest BCUT2D eigenvalue weighted by atomic mass is 16.1. The van der Waals surface area contributed by atoms with Crippen LogP contribution in [0.1, 0.15) is 72.1 Å². The highest BCUT2D eigenvalue weighted by Gasteiger charge is 2.00. The fourth-order valence-electron chi connectivity index (χ4n) is 1.69. The summed E-state index contributed by atoms with van der Waals surface area (Å²) in [5.74, 6) is 0.299. The maximum Gasteiger partial charge on any atom is 0.133 e. The SMILES string of the molecule is CCCCC/C=C(/CCCC)CC(C)=O. The normalized spacial score (nSPS) is 11.8. The molecule has 15 heavy (non-hydrogen) atoms. The Balaban J connectivity index is 3.91. The van der Waals surface area contributed by atoms with E-state index in [4.69, 9.17) is 0 Å². The molecule has 0 amide bonds. The number of rotatable bonds is 9. The Bertz CT molecular complexity index is 192. The molecule has 0 bridgehead atoms. The Labute approximate surface area is 95.0 Å². The van der Waals surface area contributed by atoms with Gasteiger partial charge in [0.2, 0.25) is 0 Å². The minimum absolute atomic E-state index is 0.299. The van der Waals surface area contributed by atoms with Gasteiger partial charge in [-0.25, -0.2) is 0 Å². The van der Waals surface area contributed by atoms with Gasteiger partial charge in [0.15, 0.2) is 0 Å². The van der Waals surface area contributed by atoms with E-state index >= 15 is 0 Å². The molecule has 0 aliphatic carbocycles. The van der Waals surface area contributed by atoms with Crippen LogP contribution in [-0.4, -0.2) is 5.78 Å². The zero-order chi connectivity index (χ0) is 11.5. The van der Waals surface area contributed by atoms with Crippen molar-refractivity contribution in [3.8, 4) is 0 Å². The fraction of sp³-hybridized carbons (Fsp3) is 0.786. The van der Waals surface area contributed by atoms with Gasteiger partial charge in [-0.1, -0.05) is 44.8 Å². The third-order valence-electron chi connectivity index (χ3n) is 2.57. The molecule has 0 aliphatic heterocycles. The van der Waals surface area contributed by atoms with Gasteiger partial charge >= 0.3 is 0 Å². The number of ketones is 1. The van der Waals surface area contributed by atoms with Gasteiger partial charge in [-0.05, 0) is 32.6 Å². The van der Waals surface area contributed by atoms with Crippen molar-refractivity contribution in [3.05, 3.63) is 11.6 Å². The number of Topliss-reactive ketones (excluding diaryl/α,β-unsaturated/α-hetero) is 1. The van der Waals surface area contributed by atoms with Crippen LogP contribution in [0.3, 0.4) is 0 Å². The topological polar surface area (TPSA) is 17.1 Å². The number of allylic oxidation sites excluding steroid dienone is 2. The summed E-state index contributed by atoms with van der Waals surface area (Å²) in [4.78, 5) is 11.1. The van der Waals surface area contributed by atoms with E-state index in [0.717, 1.165) is 12.8 Å². The van der Waals surface area contributed by atoms with Gasteiger partial charge in [-0.2, -0.15) is 0 Å². The van der Waals surface area contributed by atoms with Crippen LogP contribution in [0.25, 0.3) is 0 Å². The van der Waals surface area contributed by atoms with Crippen LogP contribution in [0.4, 0.5) is 0 Å². The Morgan fingerprint density at radius 3 is 2.27 bits per heavy atom. The lowest BCUT2D eigenvalue weighted by molar-refractivity contribution is -0.116. The molecule has 0 saturated heterocycles. The molecule has 0 aromatic heterocycles. The van der Waals surface area contributed by atoms with Crippen LogP contribution in [0.5, 0.6) is 0 Å². The highest BCUT2D eigenvalue weighted by molar-refractivity contribution is 5.78. The van der Waals surface area contributed by atoms with Crippen LogP contribution < -0.4 is 0 Å². The molecular formula is C14H26O. The number of unbranched alkanes of at least 4 members (excludes halogenated alkanes) is 4. The van der Waals surface area contributed by atoms with Gasteiger partial charge in [-0.3, -0.25) is 4.79 Å². The first-order valence-electron chi connectivity index (χ1n) is 6.38. The van der Waals surface area contributed by atoms with Crippen molar-refractivity contribution in [2.45, 2.75) is 72.1 Å². The van der Waals surface area contributed by atoms with E-state index in [2.05, 4.69) is 19.9 Å². The minimum Gasteiger partial charge on any atom is -0.300 e. The van der Waals surface area contributed by atoms with Gasteiger partial charge in [0, 0.05) is 6.42 Å². The summed E-state index contributed by atoms with van der Waals surface area (Å²) in [6.45, 7) is 6.10. The van der Waals surface area contributed by atoms with E-state index in [0.29, 0.717) is 12.2 Å². The van der Waals surface area contributed by atoms with Crippen LogP contribution in [0, 0.1) is 0 Å². The van der Waals surface area contributed by atoms with Gasteiger partial charge in [0.1, 0.15) is 5.78 Å². The van der Waals surface area contributed by atoms with Crippen molar-refractivity contribution in [1.29, 1.82) is 0 Å². The van der Waals surface area contributed by atoms with Crippen molar-refractivity contribution >= 4 is 5.78 Å². The molecule has 0 atom stereocenters. The van der Waals surface area contributed by atoms with Gasteiger partial charge < -0.3 is 0 Å². The first-order valence-corrected chi connectivity index (χ1v) is 6.38. The zero-order valence-corrected chi connectivity index (χ0v) is 10.6. The van der Waals surface area contributed by atoms with Crippen molar-refractivity contribution in [2.75, 3.05) is 0 Å². The lowest BCUT2D eigenvalue weighted by atomic mass is 10.0. The van der Waals surface area contributed by atoms with Crippen LogP contribution in [0.2, 0.25) is 0 Å². The Morgan fingerprint density at radius 1 is 1.07 bits per heavy atom. The second kappa shape index (κ2) is 9.95. The fourth-order valence-corrected chi connectivity index (χ4v) is 1.69. The number of hydrogen-bond donors (Lipinski definition) is 0. The molecule has 0 fully saturated rings. The van der Waals surface area contributed by atoms with Crippen molar-refractivity contribution < 1.29 is 4.79 Å². The molecule has 0 N–H and O–H groups in total. The summed E-state index contributed by atoms with van der Waals surface area (Å²) in [5, 5.41) is 0. The molecule has 0 aromatic carbocycles. The van der Waals surface area contributed by atoms with Crippen molar-refractivity contribution in [3.63, 3.8) is 0 Å². The van der Waals surface area contributed by atoms with Crippen LogP contribution >= 0.6 is 0 Å². The van der Waals surface area contributed by atoms with E-state index < -0.39 is 0 Å². The summed E-state index contributed by atoms with van der Waals surface area (Å²) in [6, 6.07) is 0. The minimum atomic E-state index is 0.299. The van der Waals surface area contributed by atoms with E-state index in [1.807, 2.05) is 0 Å². The molecule has 0 heterocycles. The molecule has 1 nitrogen and oxygen atoms in total. The molecule has 0 saturated carbocycles. The smallest absolute Gasteiger partial charge is 0.133 e. The molecular weight excluding hydrogens is 184 g/mol. The average molecular weight is 210 g/mol. The van der Waals surface area contributed by atoms with Crippen molar-refractivity contribution in [1.82, 2.24) is 0 Å². The third-order valence-corrected chi connectivity index (χ3v) is 2.57. The molecule has 0 aromatic rings. The lowest BCUT2D eigenvalue weighted by Gasteiger charge is -2.04. The highest BCUT2D eigenvalue weighted by Crippen LogP contribution is 2.14. The molecule has 0 spiro atoms. The first kappa shape index (κ1) is 14.4. The molecule has 88 valence electrons. The van der Waals surface area contributed by atoms with Gasteiger partial charge in [-0.15, -0.1) is 0 Å². The second-order valence-corrected chi connectivity index (χ2v) is 4.34. The number of carbonyl (C=O) groups is 1. The monoisotopic (exact) mass is 210 g/mol. The number of carbonyl (C=O) groups excluding carboxylic acids is 1. The predicted molar refractivity (Wildman–Crippen MR) is 67.0 cm³/mol. The summed E-state index contributed by atoms with van der Waals surface area (Å²) >= 11 is 0. The maximum absolute atomic E-state index is 11.1. The van der Waals surface area contributed by atoms with Crippen molar-refractivity contribution in [2.24, 2.45) is 0 Å². The van der Waals surface area contributed by atoms with E-state index in [-0.39, 0.29) is 0 Å². The summed E-state index contributed by atoms with van der Waals surface area (Å²) < 4.78 is 0. The average Bonchev–Trinajstić information content (AvgIpc) is 2.19. The maximum atomic E-state index is 11.1. The first-order chi connectivity index (χ1) is 7.20. The molecule has 0 radical (unpaired) electrons. The summed E-state index contributed by atoms with van der Waals surface area (Å²) in [7, 11) is 0. The zero-order valence-electron chi connectivity index (χ0n) is 10.6. The quantitative estimate of drug-likeness (QED) is 0.399. The van der Waals surface area contributed by atoms with Gasteiger partial charge in [0.05, 0.1) is 0 Å². The third kappa shape index (κ3) is 9.71. The Morgan fingerprint density at radius 2 is 1.73 bits per heavy atom. The standard InChI is InChI=1S/C14H26O/c1-4-6-8-9-11-14(10-7-5-2)12-13(3)15/h11H,4-10,12H2,1-3H3/b14-11-. The summed E-state index contributed by atoms with van der Waals surface area (Å²) in [5.41, 5.74) is 1.36. The molecule has 0 unspecified atom stereocenters.